The summed E-state index contributed by atoms with van der Waals surface area (Å²) in [5, 5.41) is 10.4. The van der Waals surface area contributed by atoms with Gasteiger partial charge in [0.1, 0.15) is 5.82 Å². The van der Waals surface area contributed by atoms with Gasteiger partial charge in [-0.25, -0.2) is 4.98 Å². The van der Waals surface area contributed by atoms with E-state index >= 15 is 0 Å². The largest absolute Gasteiger partial charge is 0.393 e. The smallest absolute Gasteiger partial charge is 0.230 e. The minimum absolute atomic E-state index is 0.120. The van der Waals surface area contributed by atoms with Crippen molar-refractivity contribution in [3.8, 4) is 0 Å². The van der Waals surface area contributed by atoms with Gasteiger partial charge >= 0.3 is 0 Å². The fourth-order valence-corrected chi connectivity index (χ4v) is 6.26. The average Bonchev–Trinajstić information content (AvgIpc) is 3.33. The van der Waals surface area contributed by atoms with Gasteiger partial charge in [-0.15, -0.1) is 0 Å². The van der Waals surface area contributed by atoms with Crippen molar-refractivity contribution >= 4 is 34.9 Å². The van der Waals surface area contributed by atoms with Crippen molar-refractivity contribution in [2.45, 2.75) is 69.9 Å². The predicted octanol–water partition coefficient (Wildman–Crippen LogP) is 2.98. The van der Waals surface area contributed by atoms with Gasteiger partial charge in [-0.2, -0.15) is 0 Å². The molecular weight excluding hydrogens is 416 g/mol. The van der Waals surface area contributed by atoms with Crippen LogP contribution in [-0.2, 0) is 9.59 Å². The Morgan fingerprint density at radius 1 is 1.06 bits per heavy atom. The average molecular weight is 447 g/mol. The Kier molecular flexibility index (Phi) is 5.59. The maximum atomic E-state index is 13.5. The molecule has 1 N–H and O–H groups in total. The third-order valence-corrected chi connectivity index (χ3v) is 8.00. The fraction of sp³-hybridized carbons (Fsp3) is 0.696. The molecule has 1 aromatic rings. The van der Waals surface area contributed by atoms with Crippen LogP contribution in [0.3, 0.4) is 0 Å². The van der Waals surface area contributed by atoms with Gasteiger partial charge in [0, 0.05) is 38.6 Å². The van der Waals surface area contributed by atoms with Gasteiger partial charge in [0.25, 0.3) is 0 Å². The fourth-order valence-electron chi connectivity index (χ4n) is 5.98. The highest BCUT2D eigenvalue weighted by molar-refractivity contribution is 6.33. The van der Waals surface area contributed by atoms with Crippen molar-refractivity contribution in [1.29, 1.82) is 0 Å². The number of hydrogen-bond acceptors (Lipinski definition) is 5. The van der Waals surface area contributed by atoms with Gasteiger partial charge in [-0.3, -0.25) is 9.59 Å². The number of piperidine rings is 1. The molecule has 4 fully saturated rings. The number of likely N-dealkylation sites (tertiary alicyclic amines) is 1. The van der Waals surface area contributed by atoms with Crippen LogP contribution in [0.4, 0.5) is 11.5 Å². The zero-order chi connectivity index (χ0) is 21.6. The molecule has 0 aromatic carbocycles. The topological polar surface area (TPSA) is 77.0 Å². The summed E-state index contributed by atoms with van der Waals surface area (Å²) in [6.07, 6.45) is 9.07. The summed E-state index contributed by atoms with van der Waals surface area (Å²) in [5.74, 6) is 1.10. The number of aliphatic hydroxyl groups is 1. The van der Waals surface area contributed by atoms with Crippen LogP contribution >= 0.6 is 11.6 Å². The summed E-state index contributed by atoms with van der Waals surface area (Å²) in [6.45, 7) is 3.00. The van der Waals surface area contributed by atoms with Gasteiger partial charge < -0.3 is 19.8 Å². The Bertz CT molecular complexity index is 872. The normalized spacial score (nSPS) is 31.9. The Morgan fingerprint density at radius 3 is 2.58 bits per heavy atom. The molecule has 2 amide bonds. The highest BCUT2D eigenvalue weighted by Crippen LogP contribution is 2.44. The lowest BCUT2D eigenvalue weighted by Crippen LogP contribution is -2.50. The zero-order valence-corrected chi connectivity index (χ0v) is 18.7. The van der Waals surface area contributed by atoms with Crippen LogP contribution < -0.4 is 9.80 Å². The maximum absolute atomic E-state index is 13.5. The summed E-state index contributed by atoms with van der Waals surface area (Å²) < 4.78 is 0. The highest BCUT2D eigenvalue weighted by Gasteiger charge is 2.51. The van der Waals surface area contributed by atoms with E-state index in [1.54, 1.807) is 11.1 Å². The van der Waals surface area contributed by atoms with Gasteiger partial charge in [0.2, 0.25) is 11.8 Å². The molecule has 0 bridgehead atoms. The number of nitrogens with zero attached hydrogens (tertiary/aromatic N) is 4. The molecule has 1 spiro atoms. The Balaban J connectivity index is 1.31. The molecule has 168 valence electrons. The summed E-state index contributed by atoms with van der Waals surface area (Å²) in [5.41, 5.74) is 0.397. The van der Waals surface area contributed by atoms with Crippen LogP contribution in [-0.4, -0.2) is 65.1 Å². The van der Waals surface area contributed by atoms with E-state index in [0.717, 1.165) is 70.1 Å². The molecule has 1 saturated carbocycles. The second kappa shape index (κ2) is 8.24. The summed E-state index contributed by atoms with van der Waals surface area (Å²) in [4.78, 5) is 36.2. The number of pyridine rings is 1. The molecule has 8 heteroatoms. The van der Waals surface area contributed by atoms with E-state index in [9.17, 15) is 14.7 Å². The first-order valence-corrected chi connectivity index (χ1v) is 12.0. The zero-order valence-electron chi connectivity index (χ0n) is 17.9. The Morgan fingerprint density at radius 2 is 1.87 bits per heavy atom. The van der Waals surface area contributed by atoms with Gasteiger partial charge in [-0.05, 0) is 57.4 Å². The Labute approximate surface area is 188 Å². The third kappa shape index (κ3) is 3.80. The van der Waals surface area contributed by atoms with Crippen LogP contribution in [0.25, 0.3) is 0 Å². The third-order valence-electron chi connectivity index (χ3n) is 7.72. The minimum Gasteiger partial charge on any atom is -0.393 e. The SMILES string of the molecule is O=C1CCCN1c1cnc(N2CCC[C@]3(CCN(C4CCC(O)CC4)C3=O)C2)c(Cl)c1. The summed E-state index contributed by atoms with van der Waals surface area (Å²) in [6, 6.07) is 2.11. The highest BCUT2D eigenvalue weighted by atomic mass is 35.5. The van der Waals surface area contributed by atoms with Gasteiger partial charge in [0.05, 0.1) is 28.4 Å². The first-order valence-electron chi connectivity index (χ1n) is 11.7. The van der Waals surface area contributed by atoms with Crippen LogP contribution in [0.5, 0.6) is 0 Å². The lowest BCUT2D eigenvalue weighted by atomic mass is 9.78. The number of rotatable bonds is 3. The maximum Gasteiger partial charge on any atom is 0.230 e. The van der Waals surface area contributed by atoms with Crippen LogP contribution in [0.1, 0.15) is 57.8 Å². The van der Waals surface area contributed by atoms with E-state index in [0.29, 0.717) is 30.4 Å². The molecule has 1 aliphatic carbocycles. The lowest BCUT2D eigenvalue weighted by molar-refractivity contribution is -0.139. The van der Waals surface area contributed by atoms with Crippen molar-refractivity contribution in [3.05, 3.63) is 17.3 Å². The molecule has 1 atom stereocenters. The molecule has 3 saturated heterocycles. The molecular formula is C23H31ClN4O3. The van der Waals surface area contributed by atoms with Crippen LogP contribution in [0.2, 0.25) is 5.02 Å². The lowest BCUT2D eigenvalue weighted by Gasteiger charge is -2.41. The number of carbonyl (C=O) groups excluding carboxylic acids is 2. The quantitative estimate of drug-likeness (QED) is 0.772. The monoisotopic (exact) mass is 446 g/mol. The van der Waals surface area contributed by atoms with E-state index in [4.69, 9.17) is 11.6 Å². The molecule has 1 aromatic heterocycles. The van der Waals surface area contributed by atoms with Crippen molar-refractivity contribution in [2.75, 3.05) is 36.0 Å². The van der Waals surface area contributed by atoms with E-state index in [-0.39, 0.29) is 29.4 Å². The van der Waals surface area contributed by atoms with E-state index in [1.165, 1.54) is 0 Å². The Hall–Kier alpha value is -1.86. The molecule has 5 rings (SSSR count). The molecule has 0 unspecified atom stereocenters. The number of anilines is 2. The van der Waals surface area contributed by atoms with Crippen molar-refractivity contribution in [2.24, 2.45) is 5.41 Å². The van der Waals surface area contributed by atoms with Crippen LogP contribution in [0.15, 0.2) is 12.3 Å². The second-order valence-electron chi connectivity index (χ2n) is 9.66. The molecule has 31 heavy (non-hydrogen) atoms. The van der Waals surface area contributed by atoms with Crippen molar-refractivity contribution < 1.29 is 14.7 Å². The van der Waals surface area contributed by atoms with Crippen LogP contribution in [0, 0.1) is 5.41 Å². The van der Waals surface area contributed by atoms with E-state index in [1.807, 2.05) is 6.07 Å². The number of aliphatic hydroxyl groups excluding tert-OH is 1. The first-order chi connectivity index (χ1) is 15.0. The summed E-state index contributed by atoms with van der Waals surface area (Å²) >= 11 is 6.62. The molecule has 4 aliphatic rings. The van der Waals surface area contributed by atoms with Crippen molar-refractivity contribution in [3.63, 3.8) is 0 Å². The molecule has 7 nitrogen and oxygen atoms in total. The van der Waals surface area contributed by atoms with E-state index in [2.05, 4.69) is 14.8 Å². The number of aromatic nitrogens is 1. The standard InChI is InChI=1S/C23H31ClN4O3/c24-19-13-17(27-11-1-3-20(27)30)14-25-21(19)26-10-2-8-23(15-26)9-12-28(22(23)31)16-4-6-18(29)7-5-16/h13-14,16,18,29H,1-12,15H2/t16?,18?,23-/m0/s1. The number of halogens is 1. The molecule has 0 radical (unpaired) electrons. The van der Waals surface area contributed by atoms with Crippen molar-refractivity contribution in [1.82, 2.24) is 9.88 Å². The second-order valence-corrected chi connectivity index (χ2v) is 10.1. The summed E-state index contributed by atoms with van der Waals surface area (Å²) in [7, 11) is 0. The number of hydrogen-bond donors (Lipinski definition) is 1. The molecule has 4 heterocycles. The molecule has 3 aliphatic heterocycles. The minimum atomic E-state index is -0.358. The first kappa shape index (κ1) is 21.0. The number of carbonyl (C=O) groups is 2. The van der Waals surface area contributed by atoms with Gasteiger partial charge in [0.15, 0.2) is 0 Å². The number of amides is 2. The van der Waals surface area contributed by atoms with Gasteiger partial charge in [-0.1, -0.05) is 11.6 Å². The van der Waals surface area contributed by atoms with E-state index < -0.39 is 0 Å². The predicted molar refractivity (Wildman–Crippen MR) is 119 cm³/mol.